The Hall–Kier alpha value is -1.10. The van der Waals surface area contributed by atoms with Crippen molar-refractivity contribution in [2.24, 2.45) is 0 Å². The van der Waals surface area contributed by atoms with E-state index in [1.54, 1.807) is 0 Å². The summed E-state index contributed by atoms with van der Waals surface area (Å²) < 4.78 is 5.32. The first-order valence-corrected chi connectivity index (χ1v) is 5.81. The summed E-state index contributed by atoms with van der Waals surface area (Å²) in [6.07, 6.45) is 1.06. The molecule has 5 nitrogen and oxygen atoms in total. The molecule has 0 aromatic carbocycles. The highest BCUT2D eigenvalue weighted by Crippen LogP contribution is 2.14. The second-order valence-electron chi connectivity index (χ2n) is 4.84. The Balaban J connectivity index is 4.11. The first-order chi connectivity index (χ1) is 7.69. The van der Waals surface area contributed by atoms with E-state index >= 15 is 0 Å². The van der Waals surface area contributed by atoms with Gasteiger partial charge in [-0.3, -0.25) is 4.79 Å². The molecule has 5 heteroatoms. The minimum Gasteiger partial charge on any atom is -0.480 e. The maximum absolute atomic E-state index is 11.7. The Morgan fingerprint density at radius 1 is 1.35 bits per heavy atom. The van der Waals surface area contributed by atoms with Gasteiger partial charge in [0.15, 0.2) is 0 Å². The summed E-state index contributed by atoms with van der Waals surface area (Å²) in [5, 5.41) is 8.99. The number of amides is 1. The van der Waals surface area contributed by atoms with E-state index in [-0.39, 0.29) is 12.0 Å². The Bertz CT molecular complexity index is 274. The second-order valence-corrected chi connectivity index (χ2v) is 4.84. The van der Waals surface area contributed by atoms with Crippen LogP contribution in [-0.2, 0) is 14.3 Å². The van der Waals surface area contributed by atoms with Crippen molar-refractivity contribution < 1.29 is 19.4 Å². The maximum Gasteiger partial charge on any atom is 0.329 e. The molecule has 0 unspecified atom stereocenters. The maximum atomic E-state index is 11.7. The van der Waals surface area contributed by atoms with Crippen LogP contribution in [0.5, 0.6) is 0 Å². The predicted octanol–water partition coefficient (Wildman–Crippen LogP) is 1.51. The van der Waals surface area contributed by atoms with E-state index in [1.807, 2.05) is 13.8 Å². The Morgan fingerprint density at radius 2 is 1.88 bits per heavy atom. The minimum absolute atomic E-state index is 0.151. The van der Waals surface area contributed by atoms with Crippen molar-refractivity contribution in [3.63, 3.8) is 0 Å². The van der Waals surface area contributed by atoms with Crippen molar-refractivity contribution in [3.05, 3.63) is 0 Å². The molecule has 0 aliphatic carbocycles. The molecule has 100 valence electrons. The molecule has 0 aromatic heterocycles. The van der Waals surface area contributed by atoms with E-state index in [2.05, 4.69) is 0 Å². The summed E-state index contributed by atoms with van der Waals surface area (Å²) >= 11 is 0. The third-order valence-electron chi connectivity index (χ3n) is 2.72. The predicted molar refractivity (Wildman–Crippen MR) is 64.8 cm³/mol. The van der Waals surface area contributed by atoms with Gasteiger partial charge >= 0.3 is 5.97 Å². The number of ether oxygens (including phenoxy) is 1. The smallest absolute Gasteiger partial charge is 0.329 e. The Kier molecular flexibility index (Phi) is 6.16. The van der Waals surface area contributed by atoms with E-state index in [0.717, 1.165) is 0 Å². The topological polar surface area (TPSA) is 66.8 Å². The third kappa shape index (κ3) is 5.17. The number of rotatable bonds is 7. The minimum atomic E-state index is -1.17. The highest BCUT2D eigenvalue weighted by molar-refractivity contribution is 5.86. The lowest BCUT2D eigenvalue weighted by Gasteiger charge is -2.31. The molecule has 0 aliphatic heterocycles. The van der Waals surface area contributed by atoms with Crippen molar-refractivity contribution in [2.75, 3.05) is 13.7 Å². The van der Waals surface area contributed by atoms with Crippen LogP contribution >= 0.6 is 0 Å². The number of nitrogens with zero attached hydrogens (tertiary/aromatic N) is 1. The summed E-state index contributed by atoms with van der Waals surface area (Å²) in [6.45, 7) is 7.41. The number of carbonyl (C=O) groups is 2. The van der Waals surface area contributed by atoms with Crippen molar-refractivity contribution in [1.29, 1.82) is 0 Å². The first-order valence-electron chi connectivity index (χ1n) is 5.81. The SMILES string of the molecule is CC(C)OCCCC(=O)N(C)C(C)(C)C(=O)O. The van der Waals surface area contributed by atoms with Crippen LogP contribution in [0.15, 0.2) is 0 Å². The lowest BCUT2D eigenvalue weighted by molar-refractivity contribution is -0.155. The van der Waals surface area contributed by atoms with Crippen molar-refractivity contribution in [2.45, 2.75) is 52.2 Å². The van der Waals surface area contributed by atoms with E-state index < -0.39 is 11.5 Å². The first kappa shape index (κ1) is 15.9. The van der Waals surface area contributed by atoms with Gasteiger partial charge in [-0.1, -0.05) is 0 Å². The molecule has 0 saturated heterocycles. The van der Waals surface area contributed by atoms with Gasteiger partial charge in [0.2, 0.25) is 5.91 Å². The molecule has 0 bridgehead atoms. The lowest BCUT2D eigenvalue weighted by Crippen LogP contribution is -2.50. The van der Waals surface area contributed by atoms with Crippen LogP contribution in [0.4, 0.5) is 0 Å². The van der Waals surface area contributed by atoms with E-state index in [0.29, 0.717) is 19.4 Å². The number of aliphatic carboxylic acids is 1. The van der Waals surface area contributed by atoms with Crippen LogP contribution in [-0.4, -0.2) is 47.2 Å². The average molecular weight is 245 g/mol. The van der Waals surface area contributed by atoms with Gasteiger partial charge in [-0.05, 0) is 34.1 Å². The molecule has 1 N–H and O–H groups in total. The van der Waals surface area contributed by atoms with Crippen molar-refractivity contribution in [3.8, 4) is 0 Å². The molecule has 0 aliphatic rings. The molecule has 0 rings (SSSR count). The van der Waals surface area contributed by atoms with Crippen LogP contribution in [0.3, 0.4) is 0 Å². The van der Waals surface area contributed by atoms with Gasteiger partial charge in [-0.25, -0.2) is 4.79 Å². The van der Waals surface area contributed by atoms with E-state index in [4.69, 9.17) is 9.84 Å². The summed E-state index contributed by atoms with van der Waals surface area (Å²) in [6, 6.07) is 0. The zero-order valence-corrected chi connectivity index (χ0v) is 11.3. The Labute approximate surface area is 103 Å². The Morgan fingerprint density at radius 3 is 2.29 bits per heavy atom. The molecule has 0 atom stereocenters. The highest BCUT2D eigenvalue weighted by Gasteiger charge is 2.34. The molecule has 0 heterocycles. The van der Waals surface area contributed by atoms with Gasteiger partial charge in [0, 0.05) is 20.1 Å². The number of carboxylic acid groups (broad SMARTS) is 1. The van der Waals surface area contributed by atoms with Gasteiger partial charge in [-0.2, -0.15) is 0 Å². The summed E-state index contributed by atoms with van der Waals surface area (Å²) in [5.41, 5.74) is -1.17. The molecule has 0 fully saturated rings. The number of likely N-dealkylation sites (N-methyl/N-ethyl adjacent to an activating group) is 1. The number of carboxylic acids is 1. The zero-order valence-electron chi connectivity index (χ0n) is 11.3. The van der Waals surface area contributed by atoms with Gasteiger partial charge in [0.05, 0.1) is 6.10 Å². The zero-order chi connectivity index (χ0) is 13.6. The molecule has 0 saturated carbocycles. The molecule has 0 aromatic rings. The molecular weight excluding hydrogens is 222 g/mol. The second kappa shape index (κ2) is 6.59. The quantitative estimate of drug-likeness (QED) is 0.690. The van der Waals surface area contributed by atoms with Crippen molar-refractivity contribution >= 4 is 11.9 Å². The van der Waals surface area contributed by atoms with Gasteiger partial charge in [-0.15, -0.1) is 0 Å². The summed E-state index contributed by atoms with van der Waals surface area (Å²) in [5.74, 6) is -1.18. The fourth-order valence-corrected chi connectivity index (χ4v) is 1.17. The molecule has 17 heavy (non-hydrogen) atoms. The molecular formula is C12H23NO4. The normalized spacial score (nSPS) is 11.6. The van der Waals surface area contributed by atoms with Gasteiger partial charge in [0.1, 0.15) is 5.54 Å². The standard InChI is InChI=1S/C12H23NO4/c1-9(2)17-8-6-7-10(14)13(5)12(3,4)11(15)16/h9H,6-8H2,1-5H3,(H,15,16). The fourth-order valence-electron chi connectivity index (χ4n) is 1.17. The number of hydrogen-bond acceptors (Lipinski definition) is 3. The summed E-state index contributed by atoms with van der Waals surface area (Å²) in [4.78, 5) is 24.0. The fraction of sp³-hybridized carbons (Fsp3) is 0.833. The van der Waals surface area contributed by atoms with Gasteiger partial charge < -0.3 is 14.7 Å². The number of carbonyl (C=O) groups excluding carboxylic acids is 1. The monoisotopic (exact) mass is 245 g/mol. The summed E-state index contributed by atoms with van der Waals surface area (Å²) in [7, 11) is 1.51. The van der Waals surface area contributed by atoms with Crippen LogP contribution < -0.4 is 0 Å². The lowest BCUT2D eigenvalue weighted by atomic mass is 10.0. The van der Waals surface area contributed by atoms with Crippen LogP contribution in [0.25, 0.3) is 0 Å². The van der Waals surface area contributed by atoms with Crippen LogP contribution in [0.1, 0.15) is 40.5 Å². The van der Waals surface area contributed by atoms with Gasteiger partial charge in [0.25, 0.3) is 0 Å². The highest BCUT2D eigenvalue weighted by atomic mass is 16.5. The van der Waals surface area contributed by atoms with Crippen LogP contribution in [0.2, 0.25) is 0 Å². The third-order valence-corrected chi connectivity index (χ3v) is 2.72. The number of hydrogen-bond donors (Lipinski definition) is 1. The average Bonchev–Trinajstić information content (AvgIpc) is 2.22. The van der Waals surface area contributed by atoms with E-state index in [9.17, 15) is 9.59 Å². The molecule has 1 amide bonds. The van der Waals surface area contributed by atoms with E-state index in [1.165, 1.54) is 25.8 Å². The molecule has 0 radical (unpaired) electrons. The largest absolute Gasteiger partial charge is 0.480 e. The van der Waals surface area contributed by atoms with Crippen molar-refractivity contribution in [1.82, 2.24) is 4.90 Å². The molecule has 0 spiro atoms. The van der Waals surface area contributed by atoms with Crippen LogP contribution in [0, 0.1) is 0 Å².